The van der Waals surface area contributed by atoms with Crippen molar-refractivity contribution in [2.45, 2.75) is 13.5 Å². The standard InChI is InChI=1S/C27H27Cl2N5O5/c1-16-32-25(30-10-12-38-13-11-35)24(26(33-16)34-22-5-3-2-4-19(22)27(36)37)31-15-18-7-9-23(39-18)20-14-17(28)6-8-21(20)29/h2-9,14,31,35H,10-13,15H2,1H3,(H,36,37)(H2,30,32,33,34). The van der Waals surface area contributed by atoms with E-state index in [0.717, 1.165) is 0 Å². The molecule has 0 atom stereocenters. The van der Waals surface area contributed by atoms with Crippen LogP contribution in [0.4, 0.5) is 23.0 Å². The molecule has 2 heterocycles. The third-order valence-corrected chi connectivity index (χ3v) is 6.07. The van der Waals surface area contributed by atoms with Gasteiger partial charge in [0.2, 0.25) is 0 Å². The molecular weight excluding hydrogens is 545 g/mol. The average Bonchev–Trinajstić information content (AvgIpc) is 3.38. The van der Waals surface area contributed by atoms with E-state index in [1.807, 2.05) is 6.07 Å². The van der Waals surface area contributed by atoms with Crippen molar-refractivity contribution in [3.63, 3.8) is 0 Å². The summed E-state index contributed by atoms with van der Waals surface area (Å²) < 4.78 is 11.4. The highest BCUT2D eigenvalue weighted by Gasteiger charge is 2.18. The number of aliphatic hydroxyl groups is 1. The first-order valence-corrected chi connectivity index (χ1v) is 12.8. The molecular formula is C27H27Cl2N5O5. The van der Waals surface area contributed by atoms with E-state index < -0.39 is 5.97 Å². The molecule has 4 aromatic rings. The summed E-state index contributed by atoms with van der Waals surface area (Å²) in [4.78, 5) is 20.8. The second-order valence-corrected chi connectivity index (χ2v) is 9.17. The summed E-state index contributed by atoms with van der Waals surface area (Å²) >= 11 is 12.5. The fraction of sp³-hybridized carbons (Fsp3) is 0.222. The summed E-state index contributed by atoms with van der Waals surface area (Å²) in [5.41, 5.74) is 1.65. The SMILES string of the molecule is Cc1nc(NCCOCCO)c(NCc2ccc(-c3cc(Cl)ccc3Cl)o2)c(Nc2ccccc2C(=O)O)n1. The van der Waals surface area contributed by atoms with Gasteiger partial charge in [-0.2, -0.15) is 0 Å². The summed E-state index contributed by atoms with van der Waals surface area (Å²) in [6, 6.07) is 15.3. The number of furan rings is 1. The minimum Gasteiger partial charge on any atom is -0.478 e. The normalized spacial score (nSPS) is 10.9. The summed E-state index contributed by atoms with van der Waals surface area (Å²) in [5.74, 6) is 1.42. The Hall–Kier alpha value is -3.83. The molecule has 0 saturated carbocycles. The average molecular weight is 572 g/mol. The number of aliphatic hydroxyl groups excluding tert-OH is 1. The molecule has 0 aliphatic rings. The maximum Gasteiger partial charge on any atom is 0.337 e. The molecule has 0 fully saturated rings. The van der Waals surface area contributed by atoms with E-state index >= 15 is 0 Å². The van der Waals surface area contributed by atoms with Crippen LogP contribution < -0.4 is 16.0 Å². The minimum atomic E-state index is -1.07. The van der Waals surface area contributed by atoms with E-state index in [1.54, 1.807) is 49.4 Å². The topological polar surface area (TPSA) is 142 Å². The molecule has 0 unspecified atom stereocenters. The van der Waals surface area contributed by atoms with Gasteiger partial charge in [-0.25, -0.2) is 14.8 Å². The number of carboxylic acids is 1. The van der Waals surface area contributed by atoms with Crippen LogP contribution in [0.2, 0.25) is 10.0 Å². The number of carbonyl (C=O) groups is 1. The summed E-state index contributed by atoms with van der Waals surface area (Å²) in [6.07, 6.45) is 0. The van der Waals surface area contributed by atoms with Crippen LogP contribution in [0.15, 0.2) is 59.0 Å². The monoisotopic (exact) mass is 571 g/mol. The van der Waals surface area contributed by atoms with Gasteiger partial charge >= 0.3 is 5.97 Å². The van der Waals surface area contributed by atoms with Gasteiger partial charge in [0.1, 0.15) is 23.0 Å². The van der Waals surface area contributed by atoms with Gasteiger partial charge in [-0.05, 0) is 49.4 Å². The number of rotatable bonds is 13. The second-order valence-electron chi connectivity index (χ2n) is 8.33. The number of hydrogen-bond acceptors (Lipinski definition) is 9. The first-order chi connectivity index (χ1) is 18.9. The molecule has 4 rings (SSSR count). The lowest BCUT2D eigenvalue weighted by Crippen LogP contribution is -2.16. The largest absolute Gasteiger partial charge is 0.478 e. The molecule has 2 aromatic carbocycles. The smallest absolute Gasteiger partial charge is 0.337 e. The van der Waals surface area contributed by atoms with Gasteiger partial charge in [-0.3, -0.25) is 0 Å². The number of carboxylic acid groups (broad SMARTS) is 1. The molecule has 0 radical (unpaired) electrons. The molecule has 5 N–H and O–H groups in total. The molecule has 0 bridgehead atoms. The molecule has 12 heteroatoms. The Balaban J connectivity index is 1.62. The van der Waals surface area contributed by atoms with Gasteiger partial charge in [0, 0.05) is 17.1 Å². The van der Waals surface area contributed by atoms with Crippen LogP contribution in [0.25, 0.3) is 11.3 Å². The molecule has 0 aliphatic heterocycles. The highest BCUT2D eigenvalue weighted by Crippen LogP contribution is 2.34. The van der Waals surface area contributed by atoms with Crippen LogP contribution >= 0.6 is 23.2 Å². The first kappa shape index (κ1) is 28.2. The Morgan fingerprint density at radius 2 is 1.82 bits per heavy atom. The van der Waals surface area contributed by atoms with Crippen LogP contribution in [0.5, 0.6) is 0 Å². The predicted molar refractivity (Wildman–Crippen MR) is 151 cm³/mol. The van der Waals surface area contributed by atoms with Crippen LogP contribution in [-0.2, 0) is 11.3 Å². The van der Waals surface area contributed by atoms with E-state index in [-0.39, 0.29) is 25.3 Å². The molecule has 204 valence electrons. The zero-order chi connectivity index (χ0) is 27.8. The predicted octanol–water partition coefficient (Wildman–Crippen LogP) is 5.83. The molecule has 39 heavy (non-hydrogen) atoms. The Labute approximate surface area is 235 Å². The number of nitrogens with one attached hydrogen (secondary N) is 3. The van der Waals surface area contributed by atoms with Gasteiger partial charge in [0.05, 0.1) is 42.6 Å². The van der Waals surface area contributed by atoms with Crippen molar-refractivity contribution in [1.82, 2.24) is 9.97 Å². The maximum atomic E-state index is 11.8. The van der Waals surface area contributed by atoms with Crippen molar-refractivity contribution in [2.24, 2.45) is 0 Å². The number of anilines is 4. The van der Waals surface area contributed by atoms with Crippen LogP contribution in [0.3, 0.4) is 0 Å². The Morgan fingerprint density at radius 3 is 2.62 bits per heavy atom. The van der Waals surface area contributed by atoms with Crippen molar-refractivity contribution >= 4 is 52.2 Å². The van der Waals surface area contributed by atoms with E-state index in [0.29, 0.717) is 69.1 Å². The summed E-state index contributed by atoms with van der Waals surface area (Å²) in [7, 11) is 0. The van der Waals surface area contributed by atoms with E-state index in [4.69, 9.17) is 37.5 Å². The zero-order valence-electron chi connectivity index (χ0n) is 21.0. The van der Waals surface area contributed by atoms with Gasteiger partial charge in [-0.15, -0.1) is 0 Å². The summed E-state index contributed by atoms with van der Waals surface area (Å²) in [5, 5.41) is 29.3. The molecule has 2 aromatic heterocycles. The van der Waals surface area contributed by atoms with Gasteiger partial charge < -0.3 is 35.3 Å². The third-order valence-electron chi connectivity index (χ3n) is 5.50. The lowest BCUT2D eigenvalue weighted by molar-refractivity contribution is 0.0698. The Morgan fingerprint density at radius 1 is 1.03 bits per heavy atom. The van der Waals surface area contributed by atoms with Crippen molar-refractivity contribution in [3.8, 4) is 11.3 Å². The zero-order valence-corrected chi connectivity index (χ0v) is 22.5. The first-order valence-electron chi connectivity index (χ1n) is 12.0. The number of hydrogen-bond donors (Lipinski definition) is 5. The highest BCUT2D eigenvalue weighted by molar-refractivity contribution is 6.35. The molecule has 0 saturated heterocycles. The fourth-order valence-electron chi connectivity index (χ4n) is 3.75. The number of aromatic nitrogens is 2. The molecule has 0 spiro atoms. The van der Waals surface area contributed by atoms with E-state index in [1.165, 1.54) is 6.07 Å². The van der Waals surface area contributed by atoms with E-state index in [2.05, 4.69) is 25.9 Å². The fourth-order valence-corrected chi connectivity index (χ4v) is 4.14. The lowest BCUT2D eigenvalue weighted by atomic mass is 10.2. The number of nitrogens with zero attached hydrogens (tertiary/aromatic N) is 2. The second kappa shape index (κ2) is 13.3. The summed E-state index contributed by atoms with van der Waals surface area (Å²) in [6.45, 7) is 2.91. The lowest BCUT2D eigenvalue weighted by Gasteiger charge is -2.18. The minimum absolute atomic E-state index is 0.0675. The molecule has 0 aliphatic carbocycles. The van der Waals surface area contributed by atoms with Crippen molar-refractivity contribution in [2.75, 3.05) is 42.3 Å². The number of aromatic carboxylic acids is 1. The van der Waals surface area contributed by atoms with Crippen LogP contribution in [0, 0.1) is 6.92 Å². The number of para-hydroxylation sites is 1. The third kappa shape index (κ3) is 7.39. The Bertz CT molecular complexity index is 1450. The van der Waals surface area contributed by atoms with Gasteiger partial charge in [-0.1, -0.05) is 35.3 Å². The van der Waals surface area contributed by atoms with Gasteiger partial charge in [0.15, 0.2) is 11.6 Å². The van der Waals surface area contributed by atoms with Crippen LogP contribution in [-0.4, -0.2) is 52.5 Å². The van der Waals surface area contributed by atoms with Crippen molar-refractivity contribution in [3.05, 3.63) is 81.8 Å². The van der Waals surface area contributed by atoms with Crippen LogP contribution in [0.1, 0.15) is 21.9 Å². The maximum absolute atomic E-state index is 11.8. The number of ether oxygens (including phenoxy) is 1. The van der Waals surface area contributed by atoms with Crippen molar-refractivity contribution in [1.29, 1.82) is 0 Å². The number of aryl methyl sites for hydroxylation is 1. The highest BCUT2D eigenvalue weighted by atomic mass is 35.5. The number of halogens is 2. The van der Waals surface area contributed by atoms with Gasteiger partial charge in [0.25, 0.3) is 0 Å². The molecule has 0 amide bonds. The Kier molecular flexibility index (Phi) is 9.61. The number of benzene rings is 2. The quantitative estimate of drug-likeness (QED) is 0.124. The molecule has 10 nitrogen and oxygen atoms in total. The van der Waals surface area contributed by atoms with E-state index in [9.17, 15) is 9.90 Å². The van der Waals surface area contributed by atoms with Crippen molar-refractivity contribution < 1.29 is 24.2 Å².